The molecule has 0 aromatic heterocycles. The standard InChI is InChI=1S/C16H16N2O6S/c1-10(18(21)22)25(23)13-7-12-8-14(19)17(12)15(13)16(20)24-9-11-5-3-2-4-6-11/h2-6,10,12H,7-9H2,1H3. The third-order valence-corrected chi connectivity index (χ3v) is 5.86. The van der Waals surface area contributed by atoms with E-state index in [0.717, 1.165) is 5.56 Å². The number of β-lactam (4-membered cyclic amide) rings is 1. The van der Waals surface area contributed by atoms with Crippen LogP contribution in [-0.4, -0.2) is 37.7 Å². The van der Waals surface area contributed by atoms with Gasteiger partial charge in [0, 0.05) is 12.8 Å². The summed E-state index contributed by atoms with van der Waals surface area (Å²) in [5, 5.41) is 9.56. The first kappa shape index (κ1) is 17.4. The normalized spacial score (nSPS) is 21.4. The molecule has 3 unspecified atom stereocenters. The quantitative estimate of drug-likeness (QED) is 0.247. The molecule has 2 aliphatic rings. The molecule has 0 N–H and O–H groups in total. The van der Waals surface area contributed by atoms with Crippen molar-refractivity contribution in [2.45, 2.75) is 37.8 Å². The Morgan fingerprint density at radius 1 is 1.40 bits per heavy atom. The molecule has 9 heteroatoms. The molecule has 1 amide bonds. The summed E-state index contributed by atoms with van der Waals surface area (Å²) in [6.45, 7) is 1.22. The number of hydrogen-bond donors (Lipinski definition) is 0. The van der Waals surface area contributed by atoms with E-state index in [4.69, 9.17) is 4.74 Å². The number of carbonyl (C=O) groups is 2. The summed E-state index contributed by atoms with van der Waals surface area (Å²) in [5.41, 5.74) is 0.673. The van der Waals surface area contributed by atoms with E-state index in [1.54, 1.807) is 24.3 Å². The van der Waals surface area contributed by atoms with E-state index in [0.29, 0.717) is 0 Å². The van der Waals surface area contributed by atoms with Crippen LogP contribution in [0.25, 0.3) is 0 Å². The third-order valence-electron chi connectivity index (χ3n) is 4.23. The fourth-order valence-corrected chi connectivity index (χ4v) is 4.16. The molecule has 2 aliphatic heterocycles. The SMILES string of the molecule is CC([N+](=O)[O-])[S+]([O-])C1=C(C(=O)OCc2ccccc2)N2C(=O)CC2C1. The van der Waals surface area contributed by atoms with Crippen molar-refractivity contribution in [3.63, 3.8) is 0 Å². The van der Waals surface area contributed by atoms with Gasteiger partial charge in [-0.3, -0.25) is 19.8 Å². The molecule has 0 spiro atoms. The van der Waals surface area contributed by atoms with Crippen molar-refractivity contribution < 1.29 is 23.8 Å². The molecular formula is C16H16N2O6S. The monoisotopic (exact) mass is 364 g/mol. The number of amides is 1. The van der Waals surface area contributed by atoms with Gasteiger partial charge in [0.2, 0.25) is 5.91 Å². The number of ether oxygens (including phenoxy) is 1. The molecule has 0 radical (unpaired) electrons. The first-order chi connectivity index (χ1) is 11.9. The Labute approximate surface area is 146 Å². The van der Waals surface area contributed by atoms with Crippen LogP contribution in [0.2, 0.25) is 0 Å². The Morgan fingerprint density at radius 3 is 2.68 bits per heavy atom. The average Bonchev–Trinajstić information content (AvgIpc) is 2.92. The highest BCUT2D eigenvalue weighted by molar-refractivity contribution is 7.95. The Kier molecular flexibility index (Phi) is 4.78. The van der Waals surface area contributed by atoms with Gasteiger partial charge in [-0.05, 0) is 5.56 Å². The van der Waals surface area contributed by atoms with Crippen molar-refractivity contribution in [1.29, 1.82) is 0 Å². The highest BCUT2D eigenvalue weighted by Crippen LogP contribution is 2.42. The van der Waals surface area contributed by atoms with E-state index >= 15 is 0 Å². The lowest BCUT2D eigenvalue weighted by atomic mass is 10.0. The van der Waals surface area contributed by atoms with E-state index in [2.05, 4.69) is 0 Å². The molecule has 1 aromatic rings. The number of nitro groups is 1. The summed E-state index contributed by atoms with van der Waals surface area (Å²) in [6, 6.07) is 8.72. The zero-order valence-corrected chi connectivity index (χ0v) is 14.2. The molecule has 1 fully saturated rings. The van der Waals surface area contributed by atoms with Crippen molar-refractivity contribution in [3.8, 4) is 0 Å². The van der Waals surface area contributed by atoms with Crippen LogP contribution in [0.1, 0.15) is 25.3 Å². The van der Waals surface area contributed by atoms with Gasteiger partial charge < -0.3 is 9.29 Å². The number of esters is 1. The van der Waals surface area contributed by atoms with Crippen molar-refractivity contribution >= 4 is 23.1 Å². The van der Waals surface area contributed by atoms with Gasteiger partial charge in [-0.2, -0.15) is 0 Å². The minimum Gasteiger partial charge on any atom is -0.606 e. The Balaban J connectivity index is 1.82. The minimum absolute atomic E-state index is 0.000571. The van der Waals surface area contributed by atoms with E-state index in [1.165, 1.54) is 11.8 Å². The van der Waals surface area contributed by atoms with E-state index in [9.17, 15) is 24.3 Å². The smallest absolute Gasteiger partial charge is 0.360 e. The van der Waals surface area contributed by atoms with Crippen LogP contribution >= 0.6 is 0 Å². The van der Waals surface area contributed by atoms with Gasteiger partial charge in [0.25, 0.3) is 0 Å². The Morgan fingerprint density at radius 2 is 2.08 bits per heavy atom. The Hall–Kier alpha value is -2.39. The summed E-state index contributed by atoms with van der Waals surface area (Å²) in [4.78, 5) is 35.9. The number of hydrogen-bond acceptors (Lipinski definition) is 6. The van der Waals surface area contributed by atoms with Crippen molar-refractivity contribution in [2.75, 3.05) is 0 Å². The molecular weight excluding hydrogens is 348 g/mol. The summed E-state index contributed by atoms with van der Waals surface area (Å²) in [7, 11) is 0. The van der Waals surface area contributed by atoms with Gasteiger partial charge in [0.1, 0.15) is 6.61 Å². The number of rotatable bonds is 6. The molecule has 3 atom stereocenters. The lowest BCUT2D eigenvalue weighted by Gasteiger charge is -2.34. The molecule has 0 aliphatic carbocycles. The molecule has 0 bridgehead atoms. The lowest BCUT2D eigenvalue weighted by molar-refractivity contribution is -0.492. The zero-order chi connectivity index (χ0) is 18.1. The second kappa shape index (κ2) is 6.85. The molecule has 2 heterocycles. The topological polar surface area (TPSA) is 113 Å². The van der Waals surface area contributed by atoms with E-state index in [-0.39, 0.29) is 42.0 Å². The maximum atomic E-state index is 12.5. The van der Waals surface area contributed by atoms with Crippen molar-refractivity contribution in [3.05, 3.63) is 56.6 Å². The zero-order valence-electron chi connectivity index (χ0n) is 13.4. The highest BCUT2D eigenvalue weighted by Gasteiger charge is 2.53. The number of nitrogens with zero attached hydrogens (tertiary/aromatic N) is 2. The van der Waals surface area contributed by atoms with Crippen LogP contribution in [-0.2, 0) is 32.1 Å². The van der Waals surface area contributed by atoms with Gasteiger partial charge in [0.05, 0.1) is 29.1 Å². The van der Waals surface area contributed by atoms with Gasteiger partial charge >= 0.3 is 11.3 Å². The van der Waals surface area contributed by atoms with E-state index < -0.39 is 27.4 Å². The number of carbonyl (C=O) groups excluding carboxylic acids is 2. The first-order valence-electron chi connectivity index (χ1n) is 7.70. The summed E-state index contributed by atoms with van der Waals surface area (Å²) < 4.78 is 17.7. The second-order valence-corrected chi connectivity index (χ2v) is 7.61. The maximum Gasteiger partial charge on any atom is 0.360 e. The van der Waals surface area contributed by atoms with Crippen LogP contribution in [0.4, 0.5) is 0 Å². The fourth-order valence-electron chi connectivity index (χ4n) is 2.86. The summed E-state index contributed by atoms with van der Waals surface area (Å²) in [5.74, 6) is -1.05. The second-order valence-electron chi connectivity index (χ2n) is 5.84. The molecule has 8 nitrogen and oxygen atoms in total. The van der Waals surface area contributed by atoms with Crippen LogP contribution in [0, 0.1) is 10.1 Å². The van der Waals surface area contributed by atoms with Crippen molar-refractivity contribution in [1.82, 2.24) is 4.90 Å². The predicted molar refractivity (Wildman–Crippen MR) is 87.7 cm³/mol. The average molecular weight is 364 g/mol. The van der Waals surface area contributed by atoms with Crippen LogP contribution < -0.4 is 0 Å². The molecule has 1 saturated heterocycles. The number of benzene rings is 1. The molecule has 3 rings (SSSR count). The number of fused-ring (bicyclic) bond motifs is 1. The Bertz CT molecular complexity index is 750. The maximum absolute atomic E-state index is 12.5. The van der Waals surface area contributed by atoms with Crippen LogP contribution in [0.3, 0.4) is 0 Å². The van der Waals surface area contributed by atoms with Crippen molar-refractivity contribution in [2.24, 2.45) is 0 Å². The molecule has 1 aromatic carbocycles. The third kappa shape index (κ3) is 3.24. The lowest BCUT2D eigenvalue weighted by Crippen LogP contribution is -2.49. The van der Waals surface area contributed by atoms with Gasteiger partial charge in [-0.15, -0.1) is 0 Å². The molecule has 132 valence electrons. The predicted octanol–water partition coefficient (Wildman–Crippen LogP) is 1.32. The largest absolute Gasteiger partial charge is 0.606 e. The first-order valence-corrected chi connectivity index (χ1v) is 8.91. The summed E-state index contributed by atoms with van der Waals surface area (Å²) in [6.07, 6.45) is 0.440. The van der Waals surface area contributed by atoms with E-state index in [1.807, 2.05) is 6.07 Å². The fraction of sp³-hybridized carbons (Fsp3) is 0.375. The molecule has 0 saturated carbocycles. The summed E-state index contributed by atoms with van der Waals surface area (Å²) >= 11 is -2.00. The van der Waals surface area contributed by atoms with Crippen LogP contribution in [0.5, 0.6) is 0 Å². The van der Waals surface area contributed by atoms with Gasteiger partial charge in [0.15, 0.2) is 10.6 Å². The van der Waals surface area contributed by atoms with Crippen LogP contribution in [0.15, 0.2) is 40.9 Å². The van der Waals surface area contributed by atoms with Gasteiger partial charge in [-0.1, -0.05) is 30.3 Å². The molecule has 25 heavy (non-hydrogen) atoms. The van der Waals surface area contributed by atoms with Gasteiger partial charge in [-0.25, -0.2) is 4.79 Å². The highest BCUT2D eigenvalue weighted by atomic mass is 32.2. The minimum atomic E-state index is -2.00.